The number of carbonyl (C=O) groups excluding carboxylic acids is 2. The molecule has 0 unspecified atom stereocenters. The van der Waals surface area contributed by atoms with Gasteiger partial charge in [-0.1, -0.05) is 6.07 Å². The number of piperidine rings is 1. The minimum atomic E-state index is -5.02. The van der Waals surface area contributed by atoms with Crippen molar-refractivity contribution in [2.75, 3.05) is 23.3 Å². The maximum absolute atomic E-state index is 14.3. The van der Waals surface area contributed by atoms with Gasteiger partial charge >= 0.3 is 12.2 Å². The molecular formula is C30H29F5N4O3. The van der Waals surface area contributed by atoms with Gasteiger partial charge in [-0.3, -0.25) is 4.79 Å². The van der Waals surface area contributed by atoms with Gasteiger partial charge in [-0.25, -0.2) is 18.5 Å². The van der Waals surface area contributed by atoms with Gasteiger partial charge in [0, 0.05) is 11.4 Å². The number of carbonyl (C=O) groups is 2. The van der Waals surface area contributed by atoms with Crippen molar-refractivity contribution in [3.63, 3.8) is 0 Å². The van der Waals surface area contributed by atoms with Crippen LogP contribution in [0.5, 0.6) is 5.75 Å². The van der Waals surface area contributed by atoms with Crippen molar-refractivity contribution < 1.29 is 36.3 Å². The molecule has 2 heterocycles. The number of hydrogen-bond donors (Lipinski definition) is 2. The molecule has 2 fully saturated rings. The summed E-state index contributed by atoms with van der Waals surface area (Å²) in [5, 5.41) is 6.42. The Morgan fingerprint density at radius 3 is 2.33 bits per heavy atom. The first-order valence-electron chi connectivity index (χ1n) is 13.4. The summed E-state index contributed by atoms with van der Waals surface area (Å²) in [5.74, 6) is -2.14. The Labute approximate surface area is 239 Å². The van der Waals surface area contributed by atoms with E-state index in [2.05, 4.69) is 10.6 Å². The third-order valence-corrected chi connectivity index (χ3v) is 7.46. The number of urea groups is 1. The number of nitrogens with one attached hydrogen (secondary N) is 2. The molecule has 3 aromatic rings. The molecule has 0 spiro atoms. The molecule has 222 valence electrons. The molecule has 5 rings (SSSR count). The third-order valence-electron chi connectivity index (χ3n) is 7.46. The number of alkyl halides is 3. The van der Waals surface area contributed by atoms with Crippen molar-refractivity contribution in [1.82, 2.24) is 10.2 Å². The highest BCUT2D eigenvalue weighted by Gasteiger charge is 2.52. The van der Waals surface area contributed by atoms with E-state index in [0.29, 0.717) is 39.7 Å². The van der Waals surface area contributed by atoms with Gasteiger partial charge in [0.05, 0.1) is 17.8 Å². The number of anilines is 3. The number of ether oxygens (including phenoxy) is 1. The number of amides is 3. The van der Waals surface area contributed by atoms with E-state index in [1.54, 1.807) is 24.3 Å². The fourth-order valence-electron chi connectivity index (χ4n) is 5.05. The largest absolute Gasteiger partial charge is 0.490 e. The Balaban J connectivity index is 1.37. The summed E-state index contributed by atoms with van der Waals surface area (Å²) < 4.78 is 74.2. The molecular weight excluding hydrogens is 559 g/mol. The second-order valence-corrected chi connectivity index (χ2v) is 10.7. The molecule has 0 saturated carbocycles. The number of halogens is 5. The predicted octanol–water partition coefficient (Wildman–Crippen LogP) is 6.61. The average Bonchev–Trinajstić information content (AvgIpc) is 3.10. The van der Waals surface area contributed by atoms with Crippen LogP contribution < -0.4 is 20.3 Å². The molecule has 2 saturated heterocycles. The number of nitrogens with zero attached hydrogens (tertiary/aromatic N) is 2. The van der Waals surface area contributed by atoms with Gasteiger partial charge in [0.25, 0.3) is 5.91 Å². The standard InChI is InChI=1S/C30H29F5N4O3/c1-29(2)27(40)39(21-7-10-25(32)24(16-21)30(33,34)35)28(41)38(29)17-18-3-4-19(31)15-26(18)37-20-5-8-22(9-6-20)42-23-11-13-36-14-12-23/h3-10,15-16,23,36-37H,11-14,17H2,1-2H3. The molecule has 7 nitrogen and oxygen atoms in total. The first-order valence-corrected chi connectivity index (χ1v) is 13.4. The maximum Gasteiger partial charge on any atom is 0.419 e. The van der Waals surface area contributed by atoms with Gasteiger partial charge in [-0.2, -0.15) is 13.2 Å². The fraction of sp³-hybridized carbons (Fsp3) is 0.333. The Kier molecular flexibility index (Phi) is 7.84. The second-order valence-electron chi connectivity index (χ2n) is 10.7. The van der Waals surface area contributed by atoms with Gasteiger partial charge in [-0.15, -0.1) is 0 Å². The summed E-state index contributed by atoms with van der Waals surface area (Å²) >= 11 is 0. The highest BCUT2D eigenvalue weighted by atomic mass is 19.4. The summed E-state index contributed by atoms with van der Waals surface area (Å²) in [6.45, 7) is 4.54. The van der Waals surface area contributed by atoms with Gasteiger partial charge in [0.1, 0.15) is 29.0 Å². The summed E-state index contributed by atoms with van der Waals surface area (Å²) in [6, 6.07) is 12.1. The van der Waals surface area contributed by atoms with E-state index in [-0.39, 0.29) is 12.6 Å². The molecule has 0 aliphatic carbocycles. The normalized spacial score (nSPS) is 17.6. The van der Waals surface area contributed by atoms with Crippen LogP contribution in [0.4, 0.5) is 43.8 Å². The highest BCUT2D eigenvalue weighted by Crippen LogP contribution is 2.38. The molecule has 42 heavy (non-hydrogen) atoms. The van der Waals surface area contributed by atoms with Crippen LogP contribution in [0.2, 0.25) is 0 Å². The van der Waals surface area contributed by atoms with Crippen LogP contribution in [-0.2, 0) is 17.5 Å². The molecule has 0 aromatic heterocycles. The fourth-order valence-corrected chi connectivity index (χ4v) is 5.05. The van der Waals surface area contributed by atoms with Gasteiger partial charge in [0.15, 0.2) is 0 Å². The molecule has 3 aromatic carbocycles. The van der Waals surface area contributed by atoms with E-state index in [1.807, 2.05) is 0 Å². The second kappa shape index (κ2) is 11.2. The van der Waals surface area contributed by atoms with Crippen molar-refractivity contribution >= 4 is 29.0 Å². The van der Waals surface area contributed by atoms with E-state index in [4.69, 9.17) is 4.74 Å². The lowest BCUT2D eigenvalue weighted by Crippen LogP contribution is -2.43. The zero-order valence-corrected chi connectivity index (χ0v) is 22.9. The quantitative estimate of drug-likeness (QED) is 0.240. The Morgan fingerprint density at radius 2 is 1.67 bits per heavy atom. The molecule has 3 amide bonds. The number of benzene rings is 3. The van der Waals surface area contributed by atoms with E-state index in [1.165, 1.54) is 36.9 Å². The van der Waals surface area contributed by atoms with Crippen molar-refractivity contribution in [3.8, 4) is 5.75 Å². The molecule has 0 bridgehead atoms. The van der Waals surface area contributed by atoms with Gasteiger partial charge < -0.3 is 20.3 Å². The number of rotatable bonds is 7. The van der Waals surface area contributed by atoms with Crippen LogP contribution in [0.25, 0.3) is 0 Å². The van der Waals surface area contributed by atoms with E-state index < -0.39 is 46.5 Å². The number of imide groups is 1. The van der Waals surface area contributed by atoms with Crippen molar-refractivity contribution in [1.29, 1.82) is 0 Å². The molecule has 2 aliphatic rings. The van der Waals surface area contributed by atoms with Crippen molar-refractivity contribution in [2.45, 2.75) is 51.1 Å². The van der Waals surface area contributed by atoms with Crippen LogP contribution in [0.15, 0.2) is 60.7 Å². The van der Waals surface area contributed by atoms with Crippen LogP contribution in [0, 0.1) is 11.6 Å². The minimum absolute atomic E-state index is 0.124. The third kappa shape index (κ3) is 5.89. The van der Waals surface area contributed by atoms with Crippen LogP contribution in [0.1, 0.15) is 37.8 Å². The van der Waals surface area contributed by atoms with Gasteiger partial charge in [0.2, 0.25) is 0 Å². The highest BCUT2D eigenvalue weighted by molar-refractivity contribution is 6.23. The predicted molar refractivity (Wildman–Crippen MR) is 147 cm³/mol. The first-order chi connectivity index (χ1) is 19.8. The summed E-state index contributed by atoms with van der Waals surface area (Å²) in [4.78, 5) is 28.5. The Morgan fingerprint density at radius 1 is 0.976 bits per heavy atom. The molecule has 2 N–H and O–H groups in total. The van der Waals surface area contributed by atoms with Crippen molar-refractivity contribution in [2.24, 2.45) is 0 Å². The number of hydrogen-bond acceptors (Lipinski definition) is 5. The zero-order valence-electron chi connectivity index (χ0n) is 22.9. The van der Waals surface area contributed by atoms with Crippen LogP contribution in [0.3, 0.4) is 0 Å². The zero-order chi connectivity index (χ0) is 30.2. The Hall–Kier alpha value is -4.19. The monoisotopic (exact) mass is 588 g/mol. The average molecular weight is 589 g/mol. The van der Waals surface area contributed by atoms with Gasteiger partial charge in [-0.05, 0) is 99.9 Å². The topological polar surface area (TPSA) is 73.9 Å². The Bertz CT molecular complexity index is 1490. The summed E-state index contributed by atoms with van der Waals surface area (Å²) in [7, 11) is 0. The van der Waals surface area contributed by atoms with E-state index in [9.17, 15) is 31.5 Å². The lowest BCUT2D eigenvalue weighted by Gasteiger charge is -2.28. The summed E-state index contributed by atoms with van der Waals surface area (Å²) in [6.07, 6.45) is -3.09. The molecule has 0 radical (unpaired) electrons. The van der Waals surface area contributed by atoms with E-state index in [0.717, 1.165) is 32.0 Å². The molecule has 12 heteroatoms. The first kappa shape index (κ1) is 29.3. The summed E-state index contributed by atoms with van der Waals surface area (Å²) in [5.41, 5.74) is -2.05. The van der Waals surface area contributed by atoms with E-state index >= 15 is 0 Å². The SMILES string of the molecule is CC1(C)C(=O)N(c2ccc(F)c(C(F)(F)F)c2)C(=O)N1Cc1ccc(F)cc1Nc1ccc(OC2CCNCC2)cc1. The minimum Gasteiger partial charge on any atom is -0.490 e. The smallest absolute Gasteiger partial charge is 0.419 e. The van der Waals surface area contributed by atoms with Crippen LogP contribution in [-0.4, -0.2) is 41.6 Å². The van der Waals surface area contributed by atoms with Crippen molar-refractivity contribution in [3.05, 3.63) is 83.4 Å². The maximum atomic E-state index is 14.3. The molecule has 2 aliphatic heterocycles. The molecule has 0 atom stereocenters. The van der Waals surface area contributed by atoms with Crippen LogP contribution >= 0.6 is 0 Å². The lowest BCUT2D eigenvalue weighted by molar-refractivity contribution is -0.140. The lowest BCUT2D eigenvalue weighted by atomic mass is 10.0.